The van der Waals surface area contributed by atoms with E-state index < -0.39 is 16.9 Å². The highest BCUT2D eigenvalue weighted by atomic mass is 16.7. The van der Waals surface area contributed by atoms with Crippen molar-refractivity contribution in [2.45, 2.75) is 12.5 Å². The highest BCUT2D eigenvalue weighted by Crippen LogP contribution is 2.35. The van der Waals surface area contributed by atoms with Crippen LogP contribution >= 0.6 is 0 Å². The number of ether oxygens (including phenoxy) is 1. The number of hydrogen-bond acceptors (Lipinski definition) is 6. The number of non-ortho nitro benzene ring substituents is 1. The molecule has 2 rings (SSSR count). The number of nitrogens with zero attached hydrogens (tertiary/aromatic N) is 1. The minimum Gasteiger partial charge on any atom is -0.469 e. The third-order valence-electron chi connectivity index (χ3n) is 2.49. The fraction of sp³-hybridized carbons (Fsp3) is 0.300. The number of fused-ring (bicyclic) bond motifs is 1. The van der Waals surface area contributed by atoms with Gasteiger partial charge in [0.15, 0.2) is 5.75 Å². The quantitative estimate of drug-likeness (QED) is 0.481. The molecule has 1 aromatic carbocycles. The molecule has 0 bridgehead atoms. The highest BCUT2D eigenvalue weighted by molar-refractivity contribution is 5.70. The number of rotatable bonds is 3. The first-order valence-corrected chi connectivity index (χ1v) is 4.89. The van der Waals surface area contributed by atoms with E-state index in [9.17, 15) is 14.9 Å². The van der Waals surface area contributed by atoms with E-state index in [1.807, 2.05) is 0 Å². The first kappa shape index (κ1) is 11.3. The van der Waals surface area contributed by atoms with E-state index in [1.165, 1.54) is 25.3 Å². The SMILES string of the molecule is COC(=O)CC1NOc2ccc([N+](=O)[O-])cc21. The zero-order valence-electron chi connectivity index (χ0n) is 9.00. The average Bonchev–Trinajstić information content (AvgIpc) is 2.71. The molecule has 0 aromatic heterocycles. The first-order valence-electron chi connectivity index (χ1n) is 4.89. The molecule has 0 spiro atoms. The molecule has 0 radical (unpaired) electrons. The highest BCUT2D eigenvalue weighted by Gasteiger charge is 2.28. The summed E-state index contributed by atoms with van der Waals surface area (Å²) in [6.45, 7) is 0. The zero-order valence-corrected chi connectivity index (χ0v) is 9.00. The van der Waals surface area contributed by atoms with Gasteiger partial charge in [-0.2, -0.15) is 0 Å². The minimum atomic E-state index is -0.492. The van der Waals surface area contributed by atoms with Gasteiger partial charge in [0.1, 0.15) is 0 Å². The molecule has 0 saturated heterocycles. The van der Waals surface area contributed by atoms with Gasteiger partial charge >= 0.3 is 5.97 Å². The van der Waals surface area contributed by atoms with Gasteiger partial charge in [-0.15, -0.1) is 5.48 Å². The Labute approximate surface area is 96.4 Å². The molecule has 7 nitrogen and oxygen atoms in total. The van der Waals surface area contributed by atoms with Crippen molar-refractivity contribution in [3.8, 4) is 5.75 Å². The van der Waals surface area contributed by atoms with Crippen LogP contribution in [-0.4, -0.2) is 18.0 Å². The van der Waals surface area contributed by atoms with Crippen LogP contribution < -0.4 is 10.3 Å². The molecule has 1 aliphatic rings. The van der Waals surface area contributed by atoms with Crippen LogP contribution in [0.5, 0.6) is 5.75 Å². The predicted octanol–water partition coefficient (Wildman–Crippen LogP) is 1.10. The Bertz CT molecular complexity index is 474. The van der Waals surface area contributed by atoms with Gasteiger partial charge in [0.05, 0.1) is 24.5 Å². The summed E-state index contributed by atoms with van der Waals surface area (Å²) < 4.78 is 4.54. The van der Waals surface area contributed by atoms with Crippen LogP contribution in [0.3, 0.4) is 0 Å². The van der Waals surface area contributed by atoms with Crippen LogP contribution in [0.15, 0.2) is 18.2 Å². The fourth-order valence-corrected chi connectivity index (χ4v) is 1.61. The van der Waals surface area contributed by atoms with Gasteiger partial charge in [-0.25, -0.2) is 0 Å². The van der Waals surface area contributed by atoms with Gasteiger partial charge < -0.3 is 9.57 Å². The van der Waals surface area contributed by atoms with E-state index in [0.717, 1.165) is 0 Å². The van der Waals surface area contributed by atoms with Gasteiger partial charge in [0, 0.05) is 17.7 Å². The second-order valence-electron chi connectivity index (χ2n) is 3.53. The molecule has 0 aliphatic carbocycles. The van der Waals surface area contributed by atoms with Gasteiger partial charge in [0.2, 0.25) is 0 Å². The lowest BCUT2D eigenvalue weighted by Crippen LogP contribution is -2.20. The molecular weight excluding hydrogens is 228 g/mol. The van der Waals surface area contributed by atoms with Crippen LogP contribution in [0.4, 0.5) is 5.69 Å². The van der Waals surface area contributed by atoms with Crippen LogP contribution in [-0.2, 0) is 9.53 Å². The minimum absolute atomic E-state index is 0.0362. The summed E-state index contributed by atoms with van der Waals surface area (Å²) in [6, 6.07) is 3.82. The predicted molar refractivity (Wildman–Crippen MR) is 56.2 cm³/mol. The molecule has 1 aliphatic heterocycles. The van der Waals surface area contributed by atoms with Crippen molar-refractivity contribution >= 4 is 11.7 Å². The number of hydrogen-bond donors (Lipinski definition) is 1. The lowest BCUT2D eigenvalue weighted by Gasteiger charge is -2.06. The van der Waals surface area contributed by atoms with Gasteiger partial charge in [0.25, 0.3) is 5.69 Å². The molecule has 0 saturated carbocycles. The van der Waals surface area contributed by atoms with E-state index in [0.29, 0.717) is 11.3 Å². The molecule has 1 atom stereocenters. The summed E-state index contributed by atoms with van der Waals surface area (Å²) in [7, 11) is 1.28. The van der Waals surface area contributed by atoms with Crippen molar-refractivity contribution in [2.24, 2.45) is 0 Å². The van der Waals surface area contributed by atoms with Crippen LogP contribution in [0, 0.1) is 10.1 Å². The van der Waals surface area contributed by atoms with E-state index in [4.69, 9.17) is 4.84 Å². The smallest absolute Gasteiger partial charge is 0.307 e. The maximum Gasteiger partial charge on any atom is 0.307 e. The van der Waals surface area contributed by atoms with Crippen LogP contribution in [0.1, 0.15) is 18.0 Å². The van der Waals surface area contributed by atoms with E-state index in [-0.39, 0.29) is 12.1 Å². The molecule has 1 N–H and O–H groups in total. The van der Waals surface area contributed by atoms with Gasteiger partial charge in [-0.3, -0.25) is 14.9 Å². The van der Waals surface area contributed by atoms with Crippen molar-refractivity contribution in [2.75, 3.05) is 7.11 Å². The second kappa shape index (κ2) is 4.38. The second-order valence-corrected chi connectivity index (χ2v) is 3.53. The Morgan fingerprint density at radius 3 is 3.06 bits per heavy atom. The molecule has 17 heavy (non-hydrogen) atoms. The van der Waals surface area contributed by atoms with Crippen molar-refractivity contribution in [1.29, 1.82) is 0 Å². The Morgan fingerprint density at radius 2 is 2.41 bits per heavy atom. The Balaban J connectivity index is 2.26. The van der Waals surface area contributed by atoms with Crippen molar-refractivity contribution < 1.29 is 19.3 Å². The molecule has 1 unspecified atom stereocenters. The largest absolute Gasteiger partial charge is 0.469 e. The Hall–Kier alpha value is -2.15. The summed E-state index contributed by atoms with van der Waals surface area (Å²) in [6.07, 6.45) is 0.0602. The standard InChI is InChI=1S/C10H10N2O5/c1-16-10(13)5-8-7-4-6(12(14)15)2-3-9(7)17-11-8/h2-4,8,11H,5H2,1H3. The Kier molecular flexibility index (Phi) is 2.92. The average molecular weight is 238 g/mol. The summed E-state index contributed by atoms with van der Waals surface area (Å²) in [5, 5.41) is 10.6. The normalized spacial score (nSPS) is 17.1. The maximum absolute atomic E-state index is 11.1. The van der Waals surface area contributed by atoms with E-state index >= 15 is 0 Å². The Morgan fingerprint density at radius 1 is 1.65 bits per heavy atom. The number of nitrogens with one attached hydrogen (secondary N) is 1. The zero-order chi connectivity index (χ0) is 12.4. The number of esters is 1. The number of nitro benzene ring substituents is 1. The molecule has 7 heteroatoms. The van der Waals surface area contributed by atoms with E-state index in [2.05, 4.69) is 10.2 Å². The molecule has 0 amide bonds. The number of nitro groups is 1. The summed E-state index contributed by atoms with van der Waals surface area (Å²) in [5.74, 6) is 0.0787. The molecule has 1 heterocycles. The number of carbonyl (C=O) groups is 1. The molecule has 90 valence electrons. The maximum atomic E-state index is 11.1. The van der Waals surface area contributed by atoms with Crippen LogP contribution in [0.2, 0.25) is 0 Å². The number of hydroxylamine groups is 1. The number of benzene rings is 1. The number of carbonyl (C=O) groups excluding carboxylic acids is 1. The fourth-order valence-electron chi connectivity index (χ4n) is 1.61. The molecular formula is C10H10N2O5. The third-order valence-corrected chi connectivity index (χ3v) is 2.49. The van der Waals surface area contributed by atoms with E-state index in [1.54, 1.807) is 0 Å². The summed E-state index contributed by atoms with van der Waals surface area (Å²) >= 11 is 0. The van der Waals surface area contributed by atoms with Crippen molar-refractivity contribution in [3.63, 3.8) is 0 Å². The monoisotopic (exact) mass is 238 g/mol. The number of methoxy groups -OCH3 is 1. The lowest BCUT2D eigenvalue weighted by molar-refractivity contribution is -0.384. The van der Waals surface area contributed by atoms with Crippen molar-refractivity contribution in [1.82, 2.24) is 5.48 Å². The van der Waals surface area contributed by atoms with Crippen LogP contribution in [0.25, 0.3) is 0 Å². The molecule has 0 fully saturated rings. The summed E-state index contributed by atoms with van der Waals surface area (Å²) in [5.41, 5.74) is 3.18. The van der Waals surface area contributed by atoms with Gasteiger partial charge in [-0.05, 0) is 6.07 Å². The third kappa shape index (κ3) is 2.18. The first-order chi connectivity index (χ1) is 8.11. The van der Waals surface area contributed by atoms with Crippen molar-refractivity contribution in [3.05, 3.63) is 33.9 Å². The van der Waals surface area contributed by atoms with Gasteiger partial charge in [-0.1, -0.05) is 0 Å². The summed E-state index contributed by atoms with van der Waals surface area (Å²) in [4.78, 5) is 26.4. The lowest BCUT2D eigenvalue weighted by atomic mass is 10.0. The molecule has 1 aromatic rings. The topological polar surface area (TPSA) is 90.7 Å².